The van der Waals surface area contributed by atoms with Crippen molar-refractivity contribution < 1.29 is 5.11 Å². The van der Waals surface area contributed by atoms with Crippen LogP contribution in [0, 0.1) is 6.92 Å². The van der Waals surface area contributed by atoms with Gasteiger partial charge in [-0.1, -0.05) is 18.2 Å². The van der Waals surface area contributed by atoms with Crippen molar-refractivity contribution in [1.29, 1.82) is 0 Å². The molecule has 1 rings (SSSR count). The quantitative estimate of drug-likeness (QED) is 0.716. The second-order valence-corrected chi connectivity index (χ2v) is 3.34. The van der Waals surface area contributed by atoms with Gasteiger partial charge < -0.3 is 10.4 Å². The molecule has 0 saturated carbocycles. The zero-order valence-electron chi connectivity index (χ0n) is 8.75. The highest BCUT2D eigenvalue weighted by molar-refractivity contribution is 5.54. The van der Waals surface area contributed by atoms with Crippen LogP contribution in [0.25, 0.3) is 6.08 Å². The summed E-state index contributed by atoms with van der Waals surface area (Å²) >= 11 is 0. The largest absolute Gasteiger partial charge is 0.508 e. The highest BCUT2D eigenvalue weighted by Gasteiger charge is 1.94. The first-order valence-electron chi connectivity index (χ1n) is 4.85. The SMILES string of the molecule is CNCCC=Cc1ccc(O)cc1C. The standard InChI is InChI=1S/C12H17NO/c1-10-9-12(14)7-6-11(10)5-3-4-8-13-2/h3,5-7,9,13-14H,4,8H2,1-2H3. The van der Waals surface area contributed by atoms with E-state index in [-0.39, 0.29) is 0 Å². The zero-order chi connectivity index (χ0) is 10.4. The molecule has 2 heteroatoms. The van der Waals surface area contributed by atoms with Crippen molar-refractivity contribution in [1.82, 2.24) is 5.32 Å². The van der Waals surface area contributed by atoms with E-state index in [2.05, 4.69) is 17.5 Å². The predicted molar refractivity (Wildman–Crippen MR) is 60.4 cm³/mol. The highest BCUT2D eigenvalue weighted by Crippen LogP contribution is 2.16. The summed E-state index contributed by atoms with van der Waals surface area (Å²) < 4.78 is 0. The summed E-state index contributed by atoms with van der Waals surface area (Å²) in [7, 11) is 1.94. The van der Waals surface area contributed by atoms with Gasteiger partial charge >= 0.3 is 0 Å². The molecule has 0 radical (unpaired) electrons. The average Bonchev–Trinajstić information content (AvgIpc) is 2.15. The molecule has 0 saturated heterocycles. The molecule has 0 atom stereocenters. The second kappa shape index (κ2) is 5.45. The molecule has 1 aromatic rings. The number of nitrogens with one attached hydrogen (secondary N) is 1. The van der Waals surface area contributed by atoms with Gasteiger partial charge in [-0.15, -0.1) is 0 Å². The van der Waals surface area contributed by atoms with Crippen LogP contribution in [0.15, 0.2) is 24.3 Å². The van der Waals surface area contributed by atoms with Crippen molar-refractivity contribution in [3.8, 4) is 5.75 Å². The lowest BCUT2D eigenvalue weighted by atomic mass is 10.1. The number of phenolic OH excluding ortho intramolecular Hbond substituents is 1. The smallest absolute Gasteiger partial charge is 0.115 e. The minimum absolute atomic E-state index is 0.329. The molecular formula is C12H17NO. The molecule has 2 nitrogen and oxygen atoms in total. The average molecular weight is 191 g/mol. The van der Waals surface area contributed by atoms with Crippen molar-refractivity contribution in [3.05, 3.63) is 35.4 Å². The third-order valence-corrected chi connectivity index (χ3v) is 2.11. The number of aryl methyl sites for hydroxylation is 1. The summed E-state index contributed by atoms with van der Waals surface area (Å²) in [6.45, 7) is 2.99. The van der Waals surface area contributed by atoms with E-state index in [4.69, 9.17) is 0 Å². The number of hydrogen-bond acceptors (Lipinski definition) is 2. The lowest BCUT2D eigenvalue weighted by Crippen LogP contribution is -2.05. The Bertz CT molecular complexity index is 318. The first-order valence-corrected chi connectivity index (χ1v) is 4.85. The molecule has 0 aliphatic heterocycles. The molecule has 0 amide bonds. The molecule has 0 spiro atoms. The molecule has 2 N–H and O–H groups in total. The number of benzene rings is 1. The molecule has 0 fully saturated rings. The summed E-state index contributed by atoms with van der Waals surface area (Å²) in [6.07, 6.45) is 5.25. The fourth-order valence-electron chi connectivity index (χ4n) is 1.28. The van der Waals surface area contributed by atoms with Gasteiger partial charge in [-0.25, -0.2) is 0 Å². The Kier molecular flexibility index (Phi) is 4.20. The van der Waals surface area contributed by atoms with E-state index in [1.54, 1.807) is 12.1 Å². The number of aromatic hydroxyl groups is 1. The van der Waals surface area contributed by atoms with Gasteiger partial charge in [0.2, 0.25) is 0 Å². The van der Waals surface area contributed by atoms with Crippen LogP contribution in [-0.4, -0.2) is 18.7 Å². The van der Waals surface area contributed by atoms with Crippen LogP contribution < -0.4 is 5.32 Å². The van der Waals surface area contributed by atoms with Crippen molar-refractivity contribution >= 4 is 6.08 Å². The van der Waals surface area contributed by atoms with Gasteiger partial charge in [0.15, 0.2) is 0 Å². The van der Waals surface area contributed by atoms with Crippen molar-refractivity contribution in [3.63, 3.8) is 0 Å². The molecule has 0 unspecified atom stereocenters. The minimum Gasteiger partial charge on any atom is -0.508 e. The van der Waals surface area contributed by atoms with Crippen molar-refractivity contribution in [2.45, 2.75) is 13.3 Å². The van der Waals surface area contributed by atoms with E-state index in [1.165, 1.54) is 5.56 Å². The van der Waals surface area contributed by atoms with Gasteiger partial charge in [-0.05, 0) is 50.2 Å². The summed E-state index contributed by atoms with van der Waals surface area (Å²) in [5.74, 6) is 0.329. The Morgan fingerprint density at radius 1 is 1.43 bits per heavy atom. The zero-order valence-corrected chi connectivity index (χ0v) is 8.75. The summed E-state index contributed by atoms with van der Waals surface area (Å²) in [5.41, 5.74) is 2.27. The maximum Gasteiger partial charge on any atom is 0.115 e. The van der Waals surface area contributed by atoms with Crippen molar-refractivity contribution in [2.75, 3.05) is 13.6 Å². The van der Waals surface area contributed by atoms with E-state index in [1.807, 2.05) is 20.0 Å². The maximum atomic E-state index is 9.21. The van der Waals surface area contributed by atoms with E-state index in [9.17, 15) is 5.11 Å². The molecule has 0 aromatic heterocycles. The number of rotatable bonds is 4. The molecule has 76 valence electrons. The molecule has 0 bridgehead atoms. The van der Waals surface area contributed by atoms with Gasteiger partial charge in [0.05, 0.1) is 0 Å². The molecule has 0 heterocycles. The van der Waals surface area contributed by atoms with Crippen molar-refractivity contribution in [2.24, 2.45) is 0 Å². The van der Waals surface area contributed by atoms with Crippen LogP contribution in [0.4, 0.5) is 0 Å². The lowest BCUT2D eigenvalue weighted by molar-refractivity contribution is 0.475. The third kappa shape index (κ3) is 3.23. The fraction of sp³-hybridized carbons (Fsp3) is 0.333. The Balaban J connectivity index is 2.62. The molecule has 0 aliphatic carbocycles. The molecule has 14 heavy (non-hydrogen) atoms. The van der Waals surface area contributed by atoms with Crippen LogP contribution in [0.2, 0.25) is 0 Å². The minimum atomic E-state index is 0.329. The highest BCUT2D eigenvalue weighted by atomic mass is 16.3. The molecular weight excluding hydrogens is 174 g/mol. The van der Waals surface area contributed by atoms with Gasteiger partial charge in [0.25, 0.3) is 0 Å². The molecule has 1 aromatic carbocycles. The Hall–Kier alpha value is -1.28. The van der Waals surface area contributed by atoms with Gasteiger partial charge in [0.1, 0.15) is 5.75 Å². The van der Waals surface area contributed by atoms with Gasteiger partial charge in [-0.2, -0.15) is 0 Å². The Morgan fingerprint density at radius 3 is 2.86 bits per heavy atom. The first-order chi connectivity index (χ1) is 6.74. The topological polar surface area (TPSA) is 32.3 Å². The second-order valence-electron chi connectivity index (χ2n) is 3.34. The van der Waals surface area contributed by atoms with E-state index in [0.717, 1.165) is 18.5 Å². The van der Waals surface area contributed by atoms with Crippen LogP contribution in [0.1, 0.15) is 17.5 Å². The predicted octanol–water partition coefficient (Wildman–Crippen LogP) is 2.32. The normalized spacial score (nSPS) is 11.0. The Morgan fingerprint density at radius 2 is 2.21 bits per heavy atom. The lowest BCUT2D eigenvalue weighted by Gasteiger charge is -2.00. The van der Waals surface area contributed by atoms with E-state index >= 15 is 0 Å². The van der Waals surface area contributed by atoms with Gasteiger partial charge in [0, 0.05) is 0 Å². The van der Waals surface area contributed by atoms with E-state index < -0.39 is 0 Å². The summed E-state index contributed by atoms with van der Waals surface area (Å²) in [4.78, 5) is 0. The van der Waals surface area contributed by atoms with Crippen LogP contribution in [0.3, 0.4) is 0 Å². The third-order valence-electron chi connectivity index (χ3n) is 2.11. The number of phenols is 1. The molecule has 0 aliphatic rings. The van der Waals surface area contributed by atoms with Crippen LogP contribution >= 0.6 is 0 Å². The monoisotopic (exact) mass is 191 g/mol. The first kappa shape index (κ1) is 10.8. The summed E-state index contributed by atoms with van der Waals surface area (Å²) in [6, 6.07) is 5.42. The summed E-state index contributed by atoms with van der Waals surface area (Å²) in [5, 5.41) is 12.3. The Labute approximate surface area is 85.3 Å². The fourth-order valence-corrected chi connectivity index (χ4v) is 1.28. The van der Waals surface area contributed by atoms with Gasteiger partial charge in [-0.3, -0.25) is 0 Å². The number of hydrogen-bond donors (Lipinski definition) is 2. The van der Waals surface area contributed by atoms with Crippen LogP contribution in [0.5, 0.6) is 5.75 Å². The maximum absolute atomic E-state index is 9.21. The van der Waals surface area contributed by atoms with Crippen LogP contribution in [-0.2, 0) is 0 Å². The van der Waals surface area contributed by atoms with E-state index in [0.29, 0.717) is 5.75 Å².